The van der Waals surface area contributed by atoms with Crippen LogP contribution in [-0.2, 0) is 10.2 Å². The zero-order chi connectivity index (χ0) is 14.5. The van der Waals surface area contributed by atoms with Crippen LogP contribution < -0.4 is 4.74 Å². The highest BCUT2D eigenvalue weighted by atomic mass is 16.7. The van der Waals surface area contributed by atoms with E-state index in [1.54, 1.807) is 0 Å². The van der Waals surface area contributed by atoms with Gasteiger partial charge >= 0.3 is 0 Å². The Morgan fingerprint density at radius 3 is 2.05 bits per heavy atom. The van der Waals surface area contributed by atoms with Gasteiger partial charge in [0.15, 0.2) is 6.79 Å². The highest BCUT2D eigenvalue weighted by Gasteiger charge is 2.27. The lowest BCUT2D eigenvalue weighted by Crippen LogP contribution is -2.24. The molecule has 107 valence electrons. The van der Waals surface area contributed by atoms with Crippen LogP contribution in [0, 0.1) is 12.3 Å². The van der Waals surface area contributed by atoms with Crippen LogP contribution in [0.4, 0.5) is 0 Å². The minimum atomic E-state index is 0.167. The maximum atomic E-state index is 5.45. The van der Waals surface area contributed by atoms with Crippen molar-refractivity contribution in [3.05, 3.63) is 36.8 Å². The summed E-state index contributed by atoms with van der Waals surface area (Å²) in [6, 6.07) is 8.30. The van der Waals surface area contributed by atoms with Crippen LogP contribution in [-0.4, -0.2) is 13.4 Å². The fourth-order valence-corrected chi connectivity index (χ4v) is 2.60. The van der Waals surface area contributed by atoms with Gasteiger partial charge in [0, 0.05) is 0 Å². The monoisotopic (exact) mass is 263 g/mol. The van der Waals surface area contributed by atoms with Gasteiger partial charge in [-0.2, -0.15) is 0 Å². The molecule has 0 N–H and O–H groups in total. The van der Waals surface area contributed by atoms with Gasteiger partial charge in [-0.05, 0) is 41.9 Å². The van der Waals surface area contributed by atoms with Crippen molar-refractivity contribution in [1.29, 1.82) is 0 Å². The van der Waals surface area contributed by atoms with E-state index in [1.165, 1.54) is 5.56 Å². The zero-order valence-electron chi connectivity index (χ0n) is 13.0. The van der Waals surface area contributed by atoms with E-state index >= 15 is 0 Å². The van der Waals surface area contributed by atoms with Crippen LogP contribution in [0.2, 0.25) is 0 Å². The topological polar surface area (TPSA) is 18.5 Å². The number of ether oxygens (including phenoxy) is 2. The molecule has 0 amide bonds. The summed E-state index contributed by atoms with van der Waals surface area (Å²) >= 11 is 0. The molecule has 0 bridgehead atoms. The Hall–Kier alpha value is -1.02. The van der Waals surface area contributed by atoms with Gasteiger partial charge in [0.2, 0.25) is 0 Å². The summed E-state index contributed by atoms with van der Waals surface area (Å²) < 4.78 is 10.5. The molecule has 0 unspecified atom stereocenters. The molecule has 1 aromatic carbocycles. The van der Waals surface area contributed by atoms with Gasteiger partial charge in [-0.1, -0.05) is 46.8 Å². The number of hydrogen-bond acceptors (Lipinski definition) is 2. The van der Waals surface area contributed by atoms with Gasteiger partial charge in [0.25, 0.3) is 0 Å². The van der Waals surface area contributed by atoms with Gasteiger partial charge in [0.1, 0.15) is 5.75 Å². The van der Waals surface area contributed by atoms with Crippen LogP contribution >= 0.6 is 0 Å². The van der Waals surface area contributed by atoms with E-state index in [0.29, 0.717) is 12.0 Å². The summed E-state index contributed by atoms with van der Waals surface area (Å²) in [5, 5.41) is 0. The first-order chi connectivity index (χ1) is 8.74. The largest absolute Gasteiger partial charge is 0.468 e. The third-order valence-corrected chi connectivity index (χ3v) is 3.06. The van der Waals surface area contributed by atoms with Crippen molar-refractivity contribution >= 4 is 0 Å². The summed E-state index contributed by atoms with van der Waals surface area (Å²) in [6.45, 7) is 15.7. The summed E-state index contributed by atoms with van der Waals surface area (Å²) in [5.41, 5.74) is 1.83. The Kier molecular flexibility index (Phi) is 5.42. The third-order valence-electron chi connectivity index (χ3n) is 3.06. The summed E-state index contributed by atoms with van der Waals surface area (Å²) in [6.07, 6.45) is 1.14. The summed E-state index contributed by atoms with van der Waals surface area (Å²) in [7, 11) is 0. The molecule has 0 saturated heterocycles. The molecule has 0 aliphatic carbocycles. The molecular formula is C17H27O2. The van der Waals surface area contributed by atoms with Crippen molar-refractivity contribution in [2.75, 3.05) is 13.4 Å². The lowest BCUT2D eigenvalue weighted by molar-refractivity contribution is 0.0298. The highest BCUT2D eigenvalue weighted by Crippen LogP contribution is 2.36. The molecular weight excluding hydrogens is 236 g/mol. The molecule has 0 aromatic heterocycles. The van der Waals surface area contributed by atoms with Crippen LogP contribution in [0.3, 0.4) is 0 Å². The molecule has 2 nitrogen and oxygen atoms in total. The average Bonchev–Trinajstić information content (AvgIpc) is 2.27. The number of hydrogen-bond donors (Lipinski definition) is 0. The van der Waals surface area contributed by atoms with E-state index in [9.17, 15) is 0 Å². The van der Waals surface area contributed by atoms with Gasteiger partial charge in [-0.15, -0.1) is 0 Å². The molecule has 0 fully saturated rings. The predicted octanol–water partition coefficient (Wildman–Crippen LogP) is 4.59. The normalized spacial score (nSPS) is 12.5. The average molecular weight is 263 g/mol. The van der Waals surface area contributed by atoms with E-state index in [0.717, 1.165) is 12.2 Å². The van der Waals surface area contributed by atoms with E-state index in [4.69, 9.17) is 9.47 Å². The van der Waals surface area contributed by atoms with Gasteiger partial charge < -0.3 is 9.47 Å². The summed E-state index contributed by atoms with van der Waals surface area (Å²) in [4.78, 5) is 0. The zero-order valence-corrected chi connectivity index (χ0v) is 13.0. The first kappa shape index (κ1) is 16.0. The van der Waals surface area contributed by atoms with Gasteiger partial charge in [-0.3, -0.25) is 0 Å². The fraction of sp³-hybridized carbons (Fsp3) is 0.588. The second-order valence-electron chi connectivity index (χ2n) is 6.82. The standard InChI is InChI=1S/C17H27O2/c1-7-18-13-19-15-10-8-14(9-11-15)17(5,6)12-16(2,3)4/h8-11H,1,7,12-13H2,2-6H3. The number of benzene rings is 1. The maximum absolute atomic E-state index is 5.45. The fourth-order valence-electron chi connectivity index (χ4n) is 2.60. The van der Waals surface area contributed by atoms with Crippen molar-refractivity contribution in [3.63, 3.8) is 0 Å². The molecule has 2 heteroatoms. The molecule has 19 heavy (non-hydrogen) atoms. The second kappa shape index (κ2) is 6.42. The summed E-state index contributed by atoms with van der Waals surface area (Å²) in [5.74, 6) is 0.837. The minimum Gasteiger partial charge on any atom is -0.468 e. The van der Waals surface area contributed by atoms with E-state index in [2.05, 4.69) is 53.7 Å². The van der Waals surface area contributed by atoms with Gasteiger partial charge in [-0.25, -0.2) is 0 Å². The van der Waals surface area contributed by atoms with Crippen molar-refractivity contribution in [2.45, 2.75) is 46.5 Å². The van der Waals surface area contributed by atoms with E-state index in [-0.39, 0.29) is 12.2 Å². The molecule has 0 aliphatic rings. The first-order valence-electron chi connectivity index (χ1n) is 6.85. The van der Waals surface area contributed by atoms with Crippen LogP contribution in [0.25, 0.3) is 0 Å². The van der Waals surface area contributed by atoms with Crippen molar-refractivity contribution < 1.29 is 9.47 Å². The Labute approximate surface area is 118 Å². The lowest BCUT2D eigenvalue weighted by atomic mass is 9.72. The quantitative estimate of drug-likeness (QED) is 0.552. The van der Waals surface area contributed by atoms with E-state index < -0.39 is 0 Å². The Morgan fingerprint density at radius 1 is 1.00 bits per heavy atom. The predicted molar refractivity (Wildman–Crippen MR) is 80.3 cm³/mol. The van der Waals surface area contributed by atoms with Crippen molar-refractivity contribution in [3.8, 4) is 5.75 Å². The lowest BCUT2D eigenvalue weighted by Gasteiger charge is -2.33. The molecule has 0 spiro atoms. The second-order valence-corrected chi connectivity index (χ2v) is 6.82. The van der Waals surface area contributed by atoms with Crippen LogP contribution in [0.15, 0.2) is 24.3 Å². The highest BCUT2D eigenvalue weighted by molar-refractivity contribution is 5.31. The van der Waals surface area contributed by atoms with Crippen molar-refractivity contribution in [2.24, 2.45) is 5.41 Å². The molecule has 1 rings (SSSR count). The molecule has 0 heterocycles. The molecule has 1 aromatic rings. The van der Waals surface area contributed by atoms with Crippen molar-refractivity contribution in [1.82, 2.24) is 0 Å². The first-order valence-corrected chi connectivity index (χ1v) is 6.85. The van der Waals surface area contributed by atoms with E-state index in [1.807, 2.05) is 12.1 Å². The minimum absolute atomic E-state index is 0.167. The maximum Gasteiger partial charge on any atom is 0.189 e. The van der Waals surface area contributed by atoms with Crippen LogP contribution in [0.1, 0.15) is 46.6 Å². The number of rotatable bonds is 6. The SMILES string of the molecule is [CH2]COCOc1ccc(C(C)(C)CC(C)(C)C)cc1. The van der Waals surface area contributed by atoms with Crippen LogP contribution in [0.5, 0.6) is 5.75 Å². The molecule has 1 radical (unpaired) electrons. The Morgan fingerprint density at radius 2 is 1.58 bits per heavy atom. The Bertz CT molecular complexity index is 371. The van der Waals surface area contributed by atoms with Gasteiger partial charge in [0.05, 0.1) is 6.61 Å². The third kappa shape index (κ3) is 5.65. The molecule has 0 atom stereocenters. The smallest absolute Gasteiger partial charge is 0.189 e. The Balaban J connectivity index is 2.69. The molecule has 0 aliphatic heterocycles. The molecule has 0 saturated carbocycles.